The molecule has 0 bridgehead atoms. The quantitative estimate of drug-likeness (QED) is 0.681. The van der Waals surface area contributed by atoms with Gasteiger partial charge in [-0.1, -0.05) is 0 Å². The third-order valence-corrected chi connectivity index (χ3v) is 1.11. The summed E-state index contributed by atoms with van der Waals surface area (Å²) in [6, 6.07) is 0. The zero-order chi connectivity index (χ0) is 4.12. The Morgan fingerprint density at radius 2 is 2.40 bits per heavy atom. The van der Waals surface area contributed by atoms with Gasteiger partial charge in [0.05, 0.1) is 0 Å². The molecule has 1 nitrogen and oxygen atoms in total. The molecule has 30 valence electrons. The van der Waals surface area contributed by atoms with Gasteiger partial charge in [-0.15, -0.1) is 0 Å². The van der Waals surface area contributed by atoms with Crippen molar-refractivity contribution >= 4 is 4.40 Å². The summed E-state index contributed by atoms with van der Waals surface area (Å²) in [7, 11) is 0. The zero-order valence-corrected chi connectivity index (χ0v) is 5.83. The van der Waals surface area contributed by atoms with E-state index in [1.807, 2.05) is 0 Å². The Hall–Kier alpha value is 0.518. The van der Waals surface area contributed by atoms with Gasteiger partial charge < -0.3 is 0 Å². The molecule has 0 fully saturated rings. The topological polar surface area (TPSA) is 23.8 Å². The minimum atomic E-state index is 0.559. The molecule has 0 spiro atoms. The number of hydrogen-bond donors (Lipinski definition) is 0. The van der Waals surface area contributed by atoms with Gasteiger partial charge in [0.1, 0.15) is 0 Å². The third kappa shape index (κ3) is 4.52. The summed E-state index contributed by atoms with van der Waals surface area (Å²) in [5, 5.41) is 0. The van der Waals surface area contributed by atoms with Gasteiger partial charge in [0.15, 0.2) is 0 Å². The van der Waals surface area contributed by atoms with E-state index in [-0.39, 0.29) is 0 Å². The Morgan fingerprint density at radius 3 is 2.40 bits per heavy atom. The average molecular weight is 240 g/mol. The third-order valence-electron chi connectivity index (χ3n) is 0.262. The summed E-state index contributed by atoms with van der Waals surface area (Å²) in [5.41, 5.74) is 6.58. The van der Waals surface area contributed by atoms with E-state index < -0.39 is 0 Å². The van der Waals surface area contributed by atoms with E-state index in [0.29, 0.717) is 6.54 Å². The molecule has 0 aromatic rings. The fourth-order valence-corrected chi connectivity index (χ4v) is 0.482. The van der Waals surface area contributed by atoms with Crippen LogP contribution < -0.4 is 0 Å². The van der Waals surface area contributed by atoms with Crippen molar-refractivity contribution in [1.29, 1.82) is 0 Å². The van der Waals surface area contributed by atoms with E-state index in [4.69, 9.17) is 5.73 Å². The zero-order valence-electron chi connectivity index (χ0n) is 2.90. The second-order valence-electron chi connectivity index (χ2n) is 0.705. The first-order valence-electron chi connectivity index (χ1n) is 1.50. The Morgan fingerprint density at radius 1 is 1.80 bits per heavy atom. The molecule has 0 atom stereocenters. The van der Waals surface area contributed by atoms with Crippen molar-refractivity contribution in [2.24, 2.45) is 0 Å². The standard InChI is InChI=1S/C3H6N.W/c1-2-3-4;/h1,4H,2-3H2;/q-1;. The van der Waals surface area contributed by atoms with E-state index in [1.165, 1.54) is 19.4 Å². The molecule has 0 saturated carbocycles. The summed E-state index contributed by atoms with van der Waals surface area (Å²) in [4.78, 5) is 0. The molecule has 0 unspecified atom stereocenters. The average Bonchev–Trinajstić information content (AvgIpc) is 1.41. The molecule has 0 aliphatic carbocycles. The van der Waals surface area contributed by atoms with E-state index in [2.05, 4.69) is 4.40 Å². The Labute approximate surface area is 43.0 Å². The SMILES string of the molecule is [NH-]CC[CH]=[W]. The molecule has 0 aromatic heterocycles. The summed E-state index contributed by atoms with van der Waals surface area (Å²) < 4.78 is 2.08. The molecule has 0 aliphatic rings. The van der Waals surface area contributed by atoms with Crippen molar-refractivity contribution < 1.29 is 19.4 Å². The molecular weight excluding hydrogens is 234 g/mol. The number of hydrogen-bond acceptors (Lipinski definition) is 0. The maximum atomic E-state index is 6.58. The first-order valence-corrected chi connectivity index (χ1v) is 3.19. The number of nitrogens with one attached hydrogen (secondary N) is 1. The van der Waals surface area contributed by atoms with Crippen LogP contribution in [0.4, 0.5) is 0 Å². The van der Waals surface area contributed by atoms with Crippen LogP contribution >= 0.6 is 0 Å². The van der Waals surface area contributed by atoms with Crippen LogP contribution in [0, 0.1) is 0 Å². The van der Waals surface area contributed by atoms with Gasteiger partial charge in [0.25, 0.3) is 0 Å². The van der Waals surface area contributed by atoms with Crippen molar-refractivity contribution in [2.45, 2.75) is 6.42 Å². The molecule has 0 saturated heterocycles. The van der Waals surface area contributed by atoms with Crippen molar-refractivity contribution in [3.05, 3.63) is 5.73 Å². The van der Waals surface area contributed by atoms with Crippen LogP contribution in [0.15, 0.2) is 0 Å². The van der Waals surface area contributed by atoms with Gasteiger partial charge in [0.2, 0.25) is 0 Å². The second kappa shape index (κ2) is 4.52. The predicted molar refractivity (Wildman–Crippen MR) is 19.9 cm³/mol. The molecular formula is C3H6NW-. The number of rotatable bonds is 2. The second-order valence-corrected chi connectivity index (χ2v) is 1.90. The van der Waals surface area contributed by atoms with Gasteiger partial charge >= 0.3 is 42.5 Å². The van der Waals surface area contributed by atoms with Crippen LogP contribution in [0.25, 0.3) is 5.73 Å². The monoisotopic (exact) mass is 240 g/mol. The van der Waals surface area contributed by atoms with Crippen LogP contribution in [0.1, 0.15) is 6.42 Å². The van der Waals surface area contributed by atoms with Gasteiger partial charge in [-0.2, -0.15) is 0 Å². The van der Waals surface area contributed by atoms with E-state index in [9.17, 15) is 0 Å². The molecule has 0 rings (SSSR count). The van der Waals surface area contributed by atoms with E-state index in [0.717, 1.165) is 6.42 Å². The van der Waals surface area contributed by atoms with E-state index >= 15 is 0 Å². The molecule has 5 heavy (non-hydrogen) atoms. The molecule has 1 N–H and O–H groups in total. The molecule has 2 heteroatoms. The van der Waals surface area contributed by atoms with Crippen molar-refractivity contribution in [1.82, 2.24) is 0 Å². The fraction of sp³-hybridized carbons (Fsp3) is 0.667. The molecule has 0 heterocycles. The molecule has 0 amide bonds. The summed E-state index contributed by atoms with van der Waals surface area (Å²) >= 11 is 1.48. The molecule has 0 aliphatic heterocycles. The van der Waals surface area contributed by atoms with Gasteiger partial charge in [-0.3, -0.25) is 0 Å². The van der Waals surface area contributed by atoms with Crippen LogP contribution in [-0.4, -0.2) is 10.9 Å². The first-order chi connectivity index (χ1) is 2.41. The maximum absolute atomic E-state index is 6.58. The van der Waals surface area contributed by atoms with Crippen molar-refractivity contribution in [3.8, 4) is 0 Å². The first kappa shape index (κ1) is 5.52. The summed E-state index contributed by atoms with van der Waals surface area (Å²) in [6.45, 7) is 0.559. The van der Waals surface area contributed by atoms with Crippen LogP contribution in [0.2, 0.25) is 0 Å². The predicted octanol–water partition coefficient (Wildman–Crippen LogP) is 0.778. The molecule has 0 radical (unpaired) electrons. The fourth-order valence-electron chi connectivity index (χ4n) is 0.0589. The Balaban J connectivity index is 2.40. The van der Waals surface area contributed by atoms with Crippen LogP contribution in [-0.2, 0) is 19.4 Å². The van der Waals surface area contributed by atoms with Gasteiger partial charge in [-0.25, -0.2) is 0 Å². The Kier molecular flexibility index (Phi) is 4.99. The van der Waals surface area contributed by atoms with Crippen molar-refractivity contribution in [2.75, 3.05) is 6.54 Å². The normalized spacial score (nSPS) is 7.40. The van der Waals surface area contributed by atoms with Crippen molar-refractivity contribution in [3.63, 3.8) is 0 Å². The van der Waals surface area contributed by atoms with Crippen LogP contribution in [0.5, 0.6) is 0 Å². The van der Waals surface area contributed by atoms with E-state index in [1.54, 1.807) is 0 Å². The van der Waals surface area contributed by atoms with Gasteiger partial charge in [0, 0.05) is 0 Å². The van der Waals surface area contributed by atoms with Crippen LogP contribution in [0.3, 0.4) is 0 Å². The van der Waals surface area contributed by atoms with Gasteiger partial charge in [-0.05, 0) is 0 Å². The summed E-state index contributed by atoms with van der Waals surface area (Å²) in [6.07, 6.45) is 0.968. The molecule has 0 aromatic carbocycles. The summed E-state index contributed by atoms with van der Waals surface area (Å²) in [5.74, 6) is 0. The Bertz CT molecular complexity index is 28.1. The minimum absolute atomic E-state index is 0.559.